The molecule has 98 valence electrons. The summed E-state index contributed by atoms with van der Waals surface area (Å²) in [5, 5.41) is 0. The highest BCUT2D eigenvalue weighted by Crippen LogP contribution is 2.23. The molecule has 0 saturated carbocycles. The van der Waals surface area contributed by atoms with Gasteiger partial charge in [0.15, 0.2) is 0 Å². The lowest BCUT2D eigenvalue weighted by Crippen LogP contribution is -2.28. The van der Waals surface area contributed by atoms with Crippen LogP contribution in [-0.2, 0) is 19.4 Å². The maximum atomic E-state index is 13.1. The molecule has 1 saturated heterocycles. The van der Waals surface area contributed by atoms with Crippen LogP contribution in [0.4, 0.5) is 4.39 Å². The van der Waals surface area contributed by atoms with Crippen molar-refractivity contribution >= 4 is 0 Å². The molecule has 1 aliphatic heterocycles. The Morgan fingerprint density at radius 2 is 2.17 bits per heavy atom. The zero-order valence-corrected chi connectivity index (χ0v) is 10.7. The van der Waals surface area contributed by atoms with E-state index >= 15 is 0 Å². The van der Waals surface area contributed by atoms with E-state index in [2.05, 4.69) is 23.1 Å². The molecule has 2 atom stereocenters. The highest BCUT2D eigenvalue weighted by molar-refractivity contribution is 5.34. The van der Waals surface area contributed by atoms with E-state index in [1.165, 1.54) is 16.7 Å². The van der Waals surface area contributed by atoms with Gasteiger partial charge in [0.25, 0.3) is 0 Å². The average molecular weight is 248 g/mol. The van der Waals surface area contributed by atoms with Crippen LogP contribution < -0.4 is 5.73 Å². The molecular weight excluding hydrogens is 227 g/mol. The van der Waals surface area contributed by atoms with Gasteiger partial charge in [-0.05, 0) is 42.4 Å². The van der Waals surface area contributed by atoms with Crippen LogP contribution in [0.5, 0.6) is 0 Å². The molecule has 0 radical (unpaired) electrons. The minimum Gasteiger partial charge on any atom is -0.327 e. The van der Waals surface area contributed by atoms with Crippen molar-refractivity contribution < 1.29 is 4.39 Å². The Morgan fingerprint density at radius 1 is 1.28 bits per heavy atom. The molecule has 1 aliphatic carbocycles. The monoisotopic (exact) mass is 248 g/mol. The summed E-state index contributed by atoms with van der Waals surface area (Å²) in [6, 6.07) is 7.02. The zero-order chi connectivity index (χ0) is 12.5. The smallest absolute Gasteiger partial charge is 0.114 e. The van der Waals surface area contributed by atoms with E-state index in [0.29, 0.717) is 19.0 Å². The third-order valence-electron chi connectivity index (χ3n) is 4.16. The summed E-state index contributed by atoms with van der Waals surface area (Å²) in [5.41, 5.74) is 10.2. The Morgan fingerprint density at radius 3 is 2.94 bits per heavy atom. The molecule has 1 heterocycles. The third-order valence-corrected chi connectivity index (χ3v) is 4.16. The molecule has 1 aromatic rings. The van der Waals surface area contributed by atoms with Crippen molar-refractivity contribution in [3.63, 3.8) is 0 Å². The van der Waals surface area contributed by atoms with Crippen molar-refractivity contribution in [2.45, 2.75) is 44.4 Å². The van der Waals surface area contributed by atoms with Crippen LogP contribution in [0.15, 0.2) is 18.2 Å². The minimum absolute atomic E-state index is 0.328. The predicted octanol–water partition coefficient (Wildman–Crippen LogP) is 2.05. The van der Waals surface area contributed by atoms with Crippen LogP contribution in [0, 0.1) is 0 Å². The van der Waals surface area contributed by atoms with E-state index in [4.69, 9.17) is 5.73 Å². The number of alkyl halides is 1. The molecule has 18 heavy (non-hydrogen) atoms. The average Bonchev–Trinajstić information content (AvgIpc) is 2.75. The van der Waals surface area contributed by atoms with Crippen LogP contribution >= 0.6 is 0 Å². The van der Waals surface area contributed by atoms with Crippen LogP contribution in [0.25, 0.3) is 0 Å². The van der Waals surface area contributed by atoms with Crippen LogP contribution in [0.2, 0.25) is 0 Å². The van der Waals surface area contributed by atoms with E-state index in [9.17, 15) is 4.39 Å². The molecule has 2 nitrogen and oxygen atoms in total. The van der Waals surface area contributed by atoms with Gasteiger partial charge >= 0.3 is 0 Å². The van der Waals surface area contributed by atoms with Gasteiger partial charge in [0.05, 0.1) is 0 Å². The second-order valence-electron chi connectivity index (χ2n) is 5.73. The molecule has 0 bridgehead atoms. The topological polar surface area (TPSA) is 29.3 Å². The first-order chi connectivity index (χ1) is 8.70. The van der Waals surface area contributed by atoms with Crippen molar-refractivity contribution in [1.29, 1.82) is 0 Å². The normalized spacial score (nSPS) is 28.3. The van der Waals surface area contributed by atoms with Crippen molar-refractivity contribution in [1.82, 2.24) is 4.90 Å². The largest absolute Gasteiger partial charge is 0.327 e. The van der Waals surface area contributed by atoms with Crippen molar-refractivity contribution in [3.8, 4) is 0 Å². The summed E-state index contributed by atoms with van der Waals surface area (Å²) < 4.78 is 13.1. The summed E-state index contributed by atoms with van der Waals surface area (Å²) in [4.78, 5) is 2.21. The number of benzene rings is 1. The first-order valence-electron chi connectivity index (χ1n) is 6.93. The first-order valence-corrected chi connectivity index (χ1v) is 6.93. The number of likely N-dealkylation sites (tertiary alicyclic amines) is 1. The number of rotatable bonds is 2. The number of aryl methyl sites for hydroxylation is 1. The molecular formula is C15H21FN2. The molecule has 2 N–H and O–H groups in total. The quantitative estimate of drug-likeness (QED) is 0.868. The maximum absolute atomic E-state index is 13.1. The molecule has 3 rings (SSSR count). The van der Waals surface area contributed by atoms with E-state index < -0.39 is 6.17 Å². The standard InChI is InChI=1S/C15H21FN2/c16-14-5-6-18(10-14)9-11-1-2-13-8-15(17)4-3-12(13)7-11/h1-2,7,14-15H,3-6,8-10,17H2. The van der Waals surface area contributed by atoms with Gasteiger partial charge in [-0.1, -0.05) is 18.2 Å². The second kappa shape index (κ2) is 4.98. The number of fused-ring (bicyclic) bond motifs is 1. The number of nitrogens with two attached hydrogens (primary N) is 1. The zero-order valence-electron chi connectivity index (χ0n) is 10.7. The highest BCUT2D eigenvalue weighted by atomic mass is 19.1. The molecule has 2 unspecified atom stereocenters. The fraction of sp³-hybridized carbons (Fsp3) is 0.600. The van der Waals surface area contributed by atoms with Gasteiger partial charge in [0.2, 0.25) is 0 Å². The van der Waals surface area contributed by atoms with Crippen molar-refractivity contribution in [3.05, 3.63) is 34.9 Å². The van der Waals surface area contributed by atoms with Crippen LogP contribution in [0.1, 0.15) is 29.5 Å². The van der Waals surface area contributed by atoms with Gasteiger partial charge in [-0.15, -0.1) is 0 Å². The molecule has 0 spiro atoms. The van der Waals surface area contributed by atoms with Gasteiger partial charge in [0.1, 0.15) is 6.17 Å². The number of nitrogens with zero attached hydrogens (tertiary/aromatic N) is 1. The number of halogens is 1. The lowest BCUT2D eigenvalue weighted by molar-refractivity contribution is 0.282. The summed E-state index contributed by atoms with van der Waals surface area (Å²) in [7, 11) is 0. The fourth-order valence-corrected chi connectivity index (χ4v) is 3.12. The summed E-state index contributed by atoms with van der Waals surface area (Å²) >= 11 is 0. The lowest BCUT2D eigenvalue weighted by atomic mass is 9.87. The highest BCUT2D eigenvalue weighted by Gasteiger charge is 2.22. The summed E-state index contributed by atoms with van der Waals surface area (Å²) in [6.07, 6.45) is 3.26. The van der Waals surface area contributed by atoms with Crippen molar-refractivity contribution in [2.24, 2.45) is 5.73 Å². The lowest BCUT2D eigenvalue weighted by Gasteiger charge is -2.23. The Labute approximate surface area is 108 Å². The van der Waals surface area contributed by atoms with E-state index in [1.54, 1.807) is 0 Å². The molecule has 1 fully saturated rings. The van der Waals surface area contributed by atoms with Gasteiger partial charge in [-0.25, -0.2) is 4.39 Å². The Kier molecular flexibility index (Phi) is 3.35. The maximum Gasteiger partial charge on any atom is 0.114 e. The molecule has 0 amide bonds. The van der Waals surface area contributed by atoms with Gasteiger partial charge in [-0.2, -0.15) is 0 Å². The number of hydrogen-bond donors (Lipinski definition) is 1. The van der Waals surface area contributed by atoms with E-state index in [0.717, 1.165) is 32.4 Å². The van der Waals surface area contributed by atoms with E-state index in [1.807, 2.05) is 0 Å². The summed E-state index contributed by atoms with van der Waals surface area (Å²) in [5.74, 6) is 0. The third kappa shape index (κ3) is 2.57. The fourth-order valence-electron chi connectivity index (χ4n) is 3.12. The first kappa shape index (κ1) is 12.1. The molecule has 0 aromatic heterocycles. The SMILES string of the molecule is NC1CCc2cc(CN3CCC(F)C3)ccc2C1. The van der Waals surface area contributed by atoms with Crippen LogP contribution in [0.3, 0.4) is 0 Å². The van der Waals surface area contributed by atoms with E-state index in [-0.39, 0.29) is 0 Å². The second-order valence-corrected chi connectivity index (χ2v) is 5.73. The Balaban J connectivity index is 1.70. The van der Waals surface area contributed by atoms with Gasteiger partial charge in [0, 0.05) is 25.7 Å². The predicted molar refractivity (Wildman–Crippen MR) is 71.2 cm³/mol. The summed E-state index contributed by atoms with van der Waals surface area (Å²) in [6.45, 7) is 2.38. The number of hydrogen-bond acceptors (Lipinski definition) is 2. The van der Waals surface area contributed by atoms with Gasteiger partial charge < -0.3 is 5.73 Å². The molecule has 2 aliphatic rings. The molecule has 1 aromatic carbocycles. The van der Waals surface area contributed by atoms with Gasteiger partial charge in [-0.3, -0.25) is 4.90 Å². The minimum atomic E-state index is -0.624. The Hall–Kier alpha value is -0.930. The van der Waals surface area contributed by atoms with Crippen LogP contribution in [-0.4, -0.2) is 30.2 Å². The molecule has 3 heteroatoms. The Bertz CT molecular complexity index is 433. The van der Waals surface area contributed by atoms with Crippen molar-refractivity contribution in [2.75, 3.05) is 13.1 Å².